The molecule has 0 radical (unpaired) electrons. The highest BCUT2D eigenvalue weighted by atomic mass is 79.9. The summed E-state index contributed by atoms with van der Waals surface area (Å²) in [7, 11) is 0. The van der Waals surface area contributed by atoms with Crippen molar-refractivity contribution in [3.8, 4) is 0 Å². The predicted molar refractivity (Wildman–Crippen MR) is 128 cm³/mol. The summed E-state index contributed by atoms with van der Waals surface area (Å²) < 4.78 is 14.5. The van der Waals surface area contributed by atoms with Gasteiger partial charge < -0.3 is 9.47 Å². The van der Waals surface area contributed by atoms with Crippen molar-refractivity contribution in [3.05, 3.63) is 32.2 Å². The molecule has 0 aliphatic heterocycles. The van der Waals surface area contributed by atoms with Crippen LogP contribution in [0.3, 0.4) is 0 Å². The normalized spacial score (nSPS) is 13.6. The Morgan fingerprint density at radius 2 is 1.04 bits per heavy atom. The average molecular weight is 520 g/mol. The molecule has 0 bridgehead atoms. The molecule has 2 atom stereocenters. The van der Waals surface area contributed by atoms with Crippen LogP contribution in [0, 0.1) is 0 Å². The highest BCUT2D eigenvalue weighted by Gasteiger charge is 2.21. The number of unbranched alkanes of at least 4 members (excludes halogenated alkanes) is 6. The lowest BCUT2D eigenvalue weighted by atomic mass is 9.97. The van der Waals surface area contributed by atoms with E-state index in [2.05, 4.69) is 71.7 Å². The molecule has 0 saturated carbocycles. The number of hydrogen-bond acceptors (Lipinski definition) is 2. The van der Waals surface area contributed by atoms with Gasteiger partial charge in [-0.15, -0.1) is 0 Å². The maximum absolute atomic E-state index is 6.10. The first-order chi connectivity index (χ1) is 13.6. The molecule has 162 valence electrons. The van der Waals surface area contributed by atoms with Gasteiger partial charge in [0.15, 0.2) is 0 Å². The number of ether oxygens (including phenoxy) is 2. The van der Waals surface area contributed by atoms with E-state index in [0.717, 1.165) is 35.0 Å². The molecule has 1 aromatic rings. The summed E-state index contributed by atoms with van der Waals surface area (Å²) in [5.41, 5.74) is 2.49. The predicted octanol–water partition coefficient (Wildman–Crippen LogP) is 9.31. The SMILES string of the molecule is CCCCCCC(OCC)c1cc(Br)c(C(CCCCCC)OCC)cc1Br. The van der Waals surface area contributed by atoms with Gasteiger partial charge in [-0.25, -0.2) is 0 Å². The van der Waals surface area contributed by atoms with E-state index < -0.39 is 0 Å². The van der Waals surface area contributed by atoms with E-state index in [1.165, 1.54) is 62.5 Å². The van der Waals surface area contributed by atoms with E-state index in [-0.39, 0.29) is 12.2 Å². The van der Waals surface area contributed by atoms with Gasteiger partial charge in [-0.2, -0.15) is 0 Å². The molecule has 0 fully saturated rings. The van der Waals surface area contributed by atoms with Crippen molar-refractivity contribution in [3.63, 3.8) is 0 Å². The van der Waals surface area contributed by atoms with Crippen LogP contribution in [0.1, 0.15) is 115 Å². The van der Waals surface area contributed by atoms with Crippen molar-refractivity contribution in [2.24, 2.45) is 0 Å². The van der Waals surface area contributed by atoms with Gasteiger partial charge in [0.1, 0.15) is 0 Å². The van der Waals surface area contributed by atoms with Crippen LogP contribution in [-0.2, 0) is 9.47 Å². The molecule has 0 N–H and O–H groups in total. The molecule has 28 heavy (non-hydrogen) atoms. The second kappa shape index (κ2) is 15.9. The zero-order valence-electron chi connectivity index (χ0n) is 18.4. The lowest BCUT2D eigenvalue weighted by Gasteiger charge is -2.23. The van der Waals surface area contributed by atoms with Crippen molar-refractivity contribution in [1.29, 1.82) is 0 Å². The molecule has 0 heterocycles. The summed E-state index contributed by atoms with van der Waals surface area (Å²) in [5, 5.41) is 0. The van der Waals surface area contributed by atoms with Crippen molar-refractivity contribution in [2.75, 3.05) is 13.2 Å². The van der Waals surface area contributed by atoms with Gasteiger partial charge in [0.05, 0.1) is 12.2 Å². The van der Waals surface area contributed by atoms with Gasteiger partial charge in [-0.3, -0.25) is 0 Å². The minimum atomic E-state index is 0.150. The van der Waals surface area contributed by atoms with Gasteiger partial charge in [0.25, 0.3) is 0 Å². The van der Waals surface area contributed by atoms with Gasteiger partial charge in [0.2, 0.25) is 0 Å². The number of hydrogen-bond donors (Lipinski definition) is 0. The summed E-state index contributed by atoms with van der Waals surface area (Å²) in [4.78, 5) is 0. The minimum Gasteiger partial charge on any atom is -0.374 e. The third-order valence-corrected chi connectivity index (χ3v) is 6.56. The van der Waals surface area contributed by atoms with E-state index in [1.54, 1.807) is 0 Å². The van der Waals surface area contributed by atoms with Crippen molar-refractivity contribution in [2.45, 2.75) is 104 Å². The number of rotatable bonds is 16. The first-order valence-corrected chi connectivity index (χ1v) is 12.9. The molecule has 1 rings (SSSR count). The van der Waals surface area contributed by atoms with Crippen LogP contribution in [0.2, 0.25) is 0 Å². The lowest BCUT2D eigenvalue weighted by Crippen LogP contribution is -2.09. The summed E-state index contributed by atoms with van der Waals surface area (Å²) in [5.74, 6) is 0. The van der Waals surface area contributed by atoms with Gasteiger partial charge in [-0.05, 0) is 49.9 Å². The molecule has 4 heteroatoms. The van der Waals surface area contributed by atoms with Crippen LogP contribution >= 0.6 is 31.9 Å². The maximum Gasteiger partial charge on any atom is 0.0836 e. The van der Waals surface area contributed by atoms with Crippen LogP contribution in [0.15, 0.2) is 21.1 Å². The highest BCUT2D eigenvalue weighted by molar-refractivity contribution is 9.11. The molecule has 0 aromatic heterocycles. The van der Waals surface area contributed by atoms with Crippen molar-refractivity contribution >= 4 is 31.9 Å². The van der Waals surface area contributed by atoms with E-state index in [1.807, 2.05) is 0 Å². The molecule has 0 aliphatic carbocycles. The number of benzene rings is 1. The van der Waals surface area contributed by atoms with E-state index in [0.29, 0.717) is 0 Å². The molecule has 0 amide bonds. The van der Waals surface area contributed by atoms with Crippen molar-refractivity contribution in [1.82, 2.24) is 0 Å². The van der Waals surface area contributed by atoms with Gasteiger partial charge in [-0.1, -0.05) is 97.1 Å². The second-order valence-corrected chi connectivity index (χ2v) is 9.19. The molecular weight excluding hydrogens is 480 g/mol. The maximum atomic E-state index is 6.10. The van der Waals surface area contributed by atoms with Crippen molar-refractivity contribution < 1.29 is 9.47 Å². The Morgan fingerprint density at radius 1 is 0.643 bits per heavy atom. The molecule has 0 aliphatic rings. The fourth-order valence-electron chi connectivity index (χ4n) is 3.64. The third-order valence-electron chi connectivity index (χ3n) is 5.19. The largest absolute Gasteiger partial charge is 0.374 e. The molecular formula is C24H40Br2O2. The van der Waals surface area contributed by atoms with Gasteiger partial charge >= 0.3 is 0 Å². The van der Waals surface area contributed by atoms with Crippen LogP contribution < -0.4 is 0 Å². The molecule has 1 aromatic carbocycles. The van der Waals surface area contributed by atoms with E-state index >= 15 is 0 Å². The number of halogens is 2. The Kier molecular flexibility index (Phi) is 14.8. The summed E-state index contributed by atoms with van der Waals surface area (Å²) in [6, 6.07) is 4.50. The summed E-state index contributed by atoms with van der Waals surface area (Å²) in [6.45, 7) is 10.1. The van der Waals surface area contributed by atoms with Crippen LogP contribution in [0.25, 0.3) is 0 Å². The standard InChI is InChI=1S/C24H40Br2O2/c1-5-9-11-13-15-23(27-7-3)19-17-22(26)20(18-21(19)25)24(28-8-4)16-14-12-10-6-2/h17-18,23-24H,5-16H2,1-4H3. The topological polar surface area (TPSA) is 18.5 Å². The second-order valence-electron chi connectivity index (χ2n) is 7.48. The first-order valence-electron chi connectivity index (χ1n) is 11.3. The summed E-state index contributed by atoms with van der Waals surface area (Å²) >= 11 is 7.66. The Labute approximate surface area is 190 Å². The fourth-order valence-corrected chi connectivity index (χ4v) is 4.88. The van der Waals surface area contributed by atoms with Crippen LogP contribution in [0.4, 0.5) is 0 Å². The molecule has 2 nitrogen and oxygen atoms in total. The van der Waals surface area contributed by atoms with Crippen LogP contribution in [0.5, 0.6) is 0 Å². The highest BCUT2D eigenvalue weighted by Crippen LogP contribution is 2.38. The minimum absolute atomic E-state index is 0.150. The third kappa shape index (κ3) is 9.28. The molecule has 0 spiro atoms. The van der Waals surface area contributed by atoms with E-state index in [4.69, 9.17) is 9.47 Å². The Morgan fingerprint density at radius 3 is 1.36 bits per heavy atom. The monoisotopic (exact) mass is 518 g/mol. The summed E-state index contributed by atoms with van der Waals surface area (Å²) in [6.07, 6.45) is 12.6. The van der Waals surface area contributed by atoms with Crippen LogP contribution in [-0.4, -0.2) is 13.2 Å². The zero-order chi connectivity index (χ0) is 20.8. The van der Waals surface area contributed by atoms with Gasteiger partial charge in [0, 0.05) is 22.2 Å². The quantitative estimate of drug-likeness (QED) is 0.202. The first kappa shape index (κ1) is 26.1. The Bertz CT molecular complexity index is 486. The molecule has 0 saturated heterocycles. The van der Waals surface area contributed by atoms with E-state index in [9.17, 15) is 0 Å². The average Bonchev–Trinajstić information content (AvgIpc) is 2.68. The molecule has 2 unspecified atom stereocenters. The smallest absolute Gasteiger partial charge is 0.0836 e. The lowest BCUT2D eigenvalue weighted by molar-refractivity contribution is 0.0509. The fraction of sp³-hybridized carbons (Fsp3) is 0.750. The Hall–Kier alpha value is 0.1000. The zero-order valence-corrected chi connectivity index (χ0v) is 21.5. The Balaban J connectivity index is 2.94.